The number of hydrogen-bond donors (Lipinski definition) is 1. The van der Waals surface area contributed by atoms with Gasteiger partial charge in [0.25, 0.3) is 0 Å². The smallest absolute Gasteiger partial charge is 0.240 e. The van der Waals surface area contributed by atoms with Crippen molar-refractivity contribution >= 4 is 40.7 Å². The van der Waals surface area contributed by atoms with E-state index in [1.54, 1.807) is 47.5 Å². The average Bonchev–Trinajstić information content (AvgIpc) is 3.58. The van der Waals surface area contributed by atoms with E-state index >= 15 is 0 Å². The molecule has 5 rings (SSSR count). The first kappa shape index (κ1) is 27.0. The van der Waals surface area contributed by atoms with Crippen LogP contribution in [0.2, 0.25) is 0 Å². The third-order valence-electron chi connectivity index (χ3n) is 6.48. The lowest BCUT2D eigenvalue weighted by atomic mass is 9.87. The number of anilines is 1. The van der Waals surface area contributed by atoms with E-state index in [1.807, 2.05) is 41.1 Å². The Morgan fingerprint density at radius 3 is 2.62 bits per heavy atom. The second kappa shape index (κ2) is 11.2. The summed E-state index contributed by atoms with van der Waals surface area (Å²) in [6.45, 7) is 6.59. The van der Waals surface area contributed by atoms with Crippen LogP contribution >= 0.6 is 23.1 Å². The molecule has 0 saturated heterocycles. The number of amides is 2. The van der Waals surface area contributed by atoms with Crippen LogP contribution in [0.15, 0.2) is 65.6 Å². The van der Waals surface area contributed by atoms with E-state index in [0.29, 0.717) is 12.4 Å². The SMILES string of the molecule is COc1ccc(-n2nc(C(C)(C)C)c3c2N(CC(=O)NCc2cccnc2)C(=O)CS[C@H]3c2ccsc2)cc1. The summed E-state index contributed by atoms with van der Waals surface area (Å²) < 4.78 is 7.18. The highest BCUT2D eigenvalue weighted by atomic mass is 32.2. The largest absolute Gasteiger partial charge is 0.497 e. The Labute approximate surface area is 236 Å². The van der Waals surface area contributed by atoms with Gasteiger partial charge in [-0.2, -0.15) is 16.4 Å². The van der Waals surface area contributed by atoms with Gasteiger partial charge in [0.15, 0.2) is 0 Å². The van der Waals surface area contributed by atoms with Gasteiger partial charge >= 0.3 is 0 Å². The molecule has 1 aliphatic heterocycles. The molecule has 8 nitrogen and oxygen atoms in total. The van der Waals surface area contributed by atoms with E-state index in [-0.39, 0.29) is 34.8 Å². The minimum atomic E-state index is -0.307. The minimum absolute atomic E-state index is 0.0973. The van der Waals surface area contributed by atoms with Crippen LogP contribution in [-0.4, -0.2) is 46.0 Å². The van der Waals surface area contributed by atoms with Crippen LogP contribution in [0.25, 0.3) is 5.69 Å². The maximum atomic E-state index is 13.7. The summed E-state index contributed by atoms with van der Waals surface area (Å²) in [5.41, 5.74) is 4.35. The molecule has 202 valence electrons. The van der Waals surface area contributed by atoms with Gasteiger partial charge in [0.05, 0.1) is 29.5 Å². The third kappa shape index (κ3) is 5.72. The number of pyridine rings is 1. The molecule has 3 aromatic heterocycles. The van der Waals surface area contributed by atoms with Gasteiger partial charge in [-0.15, -0.1) is 11.8 Å². The van der Waals surface area contributed by atoms with Crippen molar-refractivity contribution in [3.8, 4) is 11.4 Å². The Kier molecular flexibility index (Phi) is 7.76. The zero-order valence-corrected chi connectivity index (χ0v) is 24.0. The summed E-state index contributed by atoms with van der Waals surface area (Å²) >= 11 is 3.21. The van der Waals surface area contributed by atoms with Crippen molar-refractivity contribution < 1.29 is 14.3 Å². The van der Waals surface area contributed by atoms with Gasteiger partial charge in [0, 0.05) is 29.9 Å². The van der Waals surface area contributed by atoms with Crippen molar-refractivity contribution in [3.05, 3.63) is 88.0 Å². The first-order valence-electron chi connectivity index (χ1n) is 12.6. The van der Waals surface area contributed by atoms with Gasteiger partial charge in [-0.25, -0.2) is 4.68 Å². The summed E-state index contributed by atoms with van der Waals surface area (Å²) in [5.74, 6) is 1.22. The van der Waals surface area contributed by atoms with Crippen LogP contribution < -0.4 is 15.0 Å². The molecule has 0 radical (unpaired) electrons. The van der Waals surface area contributed by atoms with Gasteiger partial charge in [0.2, 0.25) is 11.8 Å². The predicted octanol–water partition coefficient (Wildman–Crippen LogP) is 5.12. The van der Waals surface area contributed by atoms with Crippen LogP contribution in [0.4, 0.5) is 5.82 Å². The second-order valence-electron chi connectivity index (χ2n) is 10.3. The molecule has 1 aliphatic rings. The Bertz CT molecular complexity index is 1440. The molecule has 0 bridgehead atoms. The molecule has 2 amide bonds. The lowest BCUT2D eigenvalue weighted by Crippen LogP contribution is -2.42. The Balaban J connectivity index is 1.62. The van der Waals surface area contributed by atoms with E-state index < -0.39 is 0 Å². The first-order chi connectivity index (χ1) is 18.8. The summed E-state index contributed by atoms with van der Waals surface area (Å²) in [5, 5.41) is 12.1. The van der Waals surface area contributed by atoms with E-state index in [9.17, 15) is 9.59 Å². The fourth-order valence-electron chi connectivity index (χ4n) is 4.57. The molecular formula is C29H31N5O3S2. The Hall–Kier alpha value is -3.63. The van der Waals surface area contributed by atoms with Gasteiger partial charge in [0.1, 0.15) is 18.1 Å². The molecule has 4 heterocycles. The number of methoxy groups -OCH3 is 1. The van der Waals surface area contributed by atoms with Crippen LogP contribution in [-0.2, 0) is 21.5 Å². The fourth-order valence-corrected chi connectivity index (χ4v) is 6.53. The van der Waals surface area contributed by atoms with Crippen molar-refractivity contribution in [1.82, 2.24) is 20.1 Å². The van der Waals surface area contributed by atoms with Crippen molar-refractivity contribution in [2.24, 2.45) is 0 Å². The number of thioether (sulfide) groups is 1. The molecule has 1 N–H and O–H groups in total. The number of benzene rings is 1. The zero-order chi connectivity index (χ0) is 27.6. The maximum absolute atomic E-state index is 13.7. The molecule has 4 aromatic rings. The number of fused-ring (bicyclic) bond motifs is 1. The van der Waals surface area contributed by atoms with Crippen LogP contribution in [0, 0.1) is 0 Å². The number of nitrogens with zero attached hydrogens (tertiary/aromatic N) is 4. The lowest BCUT2D eigenvalue weighted by molar-refractivity contribution is -0.123. The normalized spacial score (nSPS) is 15.5. The molecule has 0 aliphatic carbocycles. The van der Waals surface area contributed by atoms with Gasteiger partial charge < -0.3 is 10.1 Å². The topological polar surface area (TPSA) is 89.3 Å². The molecule has 1 aromatic carbocycles. The Morgan fingerprint density at radius 2 is 1.97 bits per heavy atom. The second-order valence-corrected chi connectivity index (χ2v) is 12.2. The predicted molar refractivity (Wildman–Crippen MR) is 156 cm³/mol. The van der Waals surface area contributed by atoms with E-state index in [4.69, 9.17) is 9.84 Å². The average molecular weight is 562 g/mol. The van der Waals surface area contributed by atoms with E-state index in [0.717, 1.165) is 33.8 Å². The molecule has 0 fully saturated rings. The quantitative estimate of drug-likeness (QED) is 0.337. The maximum Gasteiger partial charge on any atom is 0.240 e. The molecule has 39 heavy (non-hydrogen) atoms. The molecule has 0 spiro atoms. The lowest BCUT2D eigenvalue weighted by Gasteiger charge is -2.24. The number of carbonyl (C=O) groups is 2. The number of thiophene rings is 1. The van der Waals surface area contributed by atoms with Crippen LogP contribution in [0.5, 0.6) is 5.75 Å². The van der Waals surface area contributed by atoms with E-state index in [2.05, 4.69) is 47.9 Å². The number of aromatic nitrogens is 3. The third-order valence-corrected chi connectivity index (χ3v) is 8.43. The summed E-state index contributed by atoms with van der Waals surface area (Å²) in [4.78, 5) is 32.6. The summed E-state index contributed by atoms with van der Waals surface area (Å²) in [7, 11) is 1.62. The number of hydrogen-bond acceptors (Lipinski definition) is 7. The molecular weight excluding hydrogens is 530 g/mol. The molecule has 10 heteroatoms. The van der Waals surface area contributed by atoms with Crippen molar-refractivity contribution in [1.29, 1.82) is 0 Å². The van der Waals surface area contributed by atoms with Gasteiger partial charge in [-0.05, 0) is 58.3 Å². The zero-order valence-electron chi connectivity index (χ0n) is 22.4. The van der Waals surface area contributed by atoms with Gasteiger partial charge in [-0.3, -0.25) is 19.5 Å². The number of ether oxygens (including phenoxy) is 1. The number of carbonyl (C=O) groups excluding carboxylic acids is 2. The van der Waals surface area contributed by atoms with Crippen LogP contribution in [0.1, 0.15) is 48.4 Å². The van der Waals surface area contributed by atoms with E-state index in [1.165, 1.54) is 0 Å². The highest BCUT2D eigenvalue weighted by Crippen LogP contribution is 2.48. The molecule has 0 saturated carbocycles. The minimum Gasteiger partial charge on any atom is -0.497 e. The summed E-state index contributed by atoms with van der Waals surface area (Å²) in [6.07, 6.45) is 3.41. The Morgan fingerprint density at radius 1 is 1.18 bits per heavy atom. The van der Waals surface area contributed by atoms with Gasteiger partial charge in [-0.1, -0.05) is 26.8 Å². The standard InChI is InChI=1S/C29H31N5O3S2/c1-29(2,3)27-25-26(20-11-13-38-17-20)39-18-24(36)33(16-23(35)31-15-19-6-5-12-30-14-19)28(25)34(32-27)21-7-9-22(37-4)10-8-21/h5-14,17,26H,15-16,18H2,1-4H3,(H,31,35)/t26-/m0/s1. The molecule has 0 unspecified atom stereocenters. The monoisotopic (exact) mass is 561 g/mol. The first-order valence-corrected chi connectivity index (χ1v) is 14.6. The molecule has 1 atom stereocenters. The van der Waals surface area contributed by atoms with Crippen molar-refractivity contribution in [3.63, 3.8) is 0 Å². The summed E-state index contributed by atoms with van der Waals surface area (Å²) in [6, 6.07) is 13.4. The highest BCUT2D eigenvalue weighted by molar-refractivity contribution is 8.00. The van der Waals surface area contributed by atoms with Crippen molar-refractivity contribution in [2.75, 3.05) is 24.3 Å². The van der Waals surface area contributed by atoms with Crippen molar-refractivity contribution in [2.45, 2.75) is 38.0 Å². The fraction of sp³-hybridized carbons (Fsp3) is 0.310. The number of rotatable bonds is 7. The number of nitrogens with one attached hydrogen (secondary N) is 1. The highest BCUT2D eigenvalue weighted by Gasteiger charge is 2.40. The van der Waals surface area contributed by atoms with Crippen LogP contribution in [0.3, 0.4) is 0 Å².